The summed E-state index contributed by atoms with van der Waals surface area (Å²) in [5.41, 5.74) is 7.40. The molecule has 1 aromatic heterocycles. The molecule has 7 nitrogen and oxygen atoms in total. The Hall–Kier alpha value is -3.39. The van der Waals surface area contributed by atoms with Gasteiger partial charge in [0, 0.05) is 16.6 Å². The molecule has 0 aliphatic rings. The number of aryl methyl sites for hydroxylation is 1. The molecule has 0 saturated heterocycles. The Kier molecular flexibility index (Phi) is 6.15. The largest absolute Gasteiger partial charge is 0.461 e. The first kappa shape index (κ1) is 19.9. The summed E-state index contributed by atoms with van der Waals surface area (Å²) in [6.07, 6.45) is 0.628. The van der Waals surface area contributed by atoms with Gasteiger partial charge >= 0.3 is 0 Å². The Morgan fingerprint density at radius 2 is 1.81 bits per heavy atom. The quantitative estimate of drug-likeness (QED) is 0.307. The summed E-state index contributed by atoms with van der Waals surface area (Å²) in [5, 5.41) is 3.61. The van der Waals surface area contributed by atoms with E-state index in [-0.39, 0.29) is 10.9 Å². The Balaban J connectivity index is 0.00000126. The summed E-state index contributed by atoms with van der Waals surface area (Å²) < 4.78 is 33.5. The van der Waals surface area contributed by atoms with Gasteiger partial charge in [-0.3, -0.25) is 4.79 Å². The van der Waals surface area contributed by atoms with Gasteiger partial charge < -0.3 is 15.5 Å². The molecule has 27 heavy (non-hydrogen) atoms. The first-order valence-corrected chi connectivity index (χ1v) is 9.24. The number of nitrogens with two attached hydrogens (primary N) is 1. The van der Waals surface area contributed by atoms with E-state index in [0.717, 1.165) is 16.7 Å². The Labute approximate surface area is 157 Å². The number of anilines is 1. The topological polar surface area (TPSA) is 115 Å². The van der Waals surface area contributed by atoms with Gasteiger partial charge in [0.1, 0.15) is 17.6 Å². The number of hydrogen-bond donors (Lipinski definition) is 2. The first-order valence-electron chi connectivity index (χ1n) is 7.80. The number of carbonyl (C=O) groups excluding carboxylic acids is 1. The van der Waals surface area contributed by atoms with Crippen LogP contribution in [0.15, 0.2) is 75.4 Å². The molecule has 0 atom stereocenters. The molecular formula is C19H19N3O4S. The molecule has 140 valence electrons. The van der Waals surface area contributed by atoms with E-state index in [4.69, 9.17) is 10.2 Å². The minimum atomic E-state index is -3.98. The smallest absolute Gasteiger partial charge is 0.285 e. The standard InChI is InChI=1S/C17H15N3O4S.C2H4/c1-11-8-13-9-14(4-7-16(13)24-11)19-17(18)20-25(22,23)15-5-2-12(10-21)3-6-15;1-2/h2-10H,1H3,(H3,18,19,20);1-2H2. The zero-order valence-corrected chi connectivity index (χ0v) is 15.5. The average Bonchev–Trinajstić information content (AvgIpc) is 3.02. The van der Waals surface area contributed by atoms with Gasteiger partial charge in [-0.25, -0.2) is 0 Å². The molecule has 2 aromatic carbocycles. The van der Waals surface area contributed by atoms with Crippen molar-refractivity contribution in [2.45, 2.75) is 11.8 Å². The van der Waals surface area contributed by atoms with Crippen LogP contribution in [0.25, 0.3) is 11.0 Å². The number of sulfonamides is 1. The number of nitrogens with one attached hydrogen (secondary N) is 1. The number of rotatable bonds is 4. The SMILES string of the molecule is C=C.Cc1cc2cc(NC(N)=NS(=O)(=O)c3ccc(C=O)cc3)ccc2o1. The molecule has 3 aromatic rings. The van der Waals surface area contributed by atoms with Gasteiger partial charge in [0.25, 0.3) is 10.0 Å². The highest BCUT2D eigenvalue weighted by atomic mass is 32.2. The van der Waals surface area contributed by atoms with Crippen LogP contribution in [-0.2, 0) is 10.0 Å². The predicted octanol–water partition coefficient (Wildman–Crippen LogP) is 3.47. The van der Waals surface area contributed by atoms with Crippen molar-refractivity contribution in [3.05, 3.63) is 73.0 Å². The second-order valence-corrected chi connectivity index (χ2v) is 6.98. The molecule has 1 heterocycles. The minimum absolute atomic E-state index is 0.0521. The van der Waals surface area contributed by atoms with E-state index in [1.54, 1.807) is 18.2 Å². The number of benzene rings is 2. The Morgan fingerprint density at radius 3 is 2.44 bits per heavy atom. The van der Waals surface area contributed by atoms with Crippen molar-refractivity contribution in [1.29, 1.82) is 0 Å². The monoisotopic (exact) mass is 385 g/mol. The molecule has 0 aliphatic heterocycles. The number of aldehydes is 1. The van der Waals surface area contributed by atoms with Crippen LogP contribution in [0, 0.1) is 6.92 Å². The summed E-state index contributed by atoms with van der Waals surface area (Å²) in [5.74, 6) is 0.508. The lowest BCUT2D eigenvalue weighted by atomic mass is 10.2. The molecule has 0 fully saturated rings. The molecular weight excluding hydrogens is 366 g/mol. The number of carbonyl (C=O) groups is 1. The number of furan rings is 1. The molecule has 3 N–H and O–H groups in total. The third kappa shape index (κ3) is 4.83. The third-order valence-electron chi connectivity index (χ3n) is 3.44. The average molecular weight is 385 g/mol. The molecule has 0 saturated carbocycles. The maximum atomic E-state index is 12.2. The van der Waals surface area contributed by atoms with Gasteiger partial charge in [-0.2, -0.15) is 8.42 Å². The van der Waals surface area contributed by atoms with Crippen LogP contribution >= 0.6 is 0 Å². The molecule has 0 unspecified atom stereocenters. The van der Waals surface area contributed by atoms with Gasteiger partial charge in [-0.05, 0) is 43.3 Å². The van der Waals surface area contributed by atoms with Crippen molar-refractivity contribution in [2.24, 2.45) is 10.1 Å². The van der Waals surface area contributed by atoms with E-state index < -0.39 is 10.0 Å². The Morgan fingerprint density at radius 1 is 1.15 bits per heavy atom. The van der Waals surface area contributed by atoms with Crippen molar-refractivity contribution in [2.75, 3.05) is 5.32 Å². The van der Waals surface area contributed by atoms with Crippen molar-refractivity contribution < 1.29 is 17.6 Å². The molecule has 3 rings (SSSR count). The molecule has 8 heteroatoms. The highest BCUT2D eigenvalue weighted by Crippen LogP contribution is 2.22. The molecule has 0 bridgehead atoms. The van der Waals surface area contributed by atoms with Crippen molar-refractivity contribution in [3.63, 3.8) is 0 Å². The number of fused-ring (bicyclic) bond motifs is 1. The lowest BCUT2D eigenvalue weighted by Crippen LogP contribution is -2.24. The van der Waals surface area contributed by atoms with E-state index in [1.165, 1.54) is 24.3 Å². The summed E-state index contributed by atoms with van der Waals surface area (Å²) in [7, 11) is -3.98. The number of guanidine groups is 1. The van der Waals surface area contributed by atoms with E-state index >= 15 is 0 Å². The maximum Gasteiger partial charge on any atom is 0.285 e. The molecule has 0 aliphatic carbocycles. The lowest BCUT2D eigenvalue weighted by Gasteiger charge is -2.06. The summed E-state index contributed by atoms with van der Waals surface area (Å²) in [4.78, 5) is 10.6. The lowest BCUT2D eigenvalue weighted by molar-refractivity contribution is 0.112. The highest BCUT2D eigenvalue weighted by molar-refractivity contribution is 7.90. The summed E-state index contributed by atoms with van der Waals surface area (Å²) in [6.45, 7) is 7.84. The second kappa shape index (κ2) is 8.33. The van der Waals surface area contributed by atoms with Gasteiger partial charge in [0.15, 0.2) is 0 Å². The maximum absolute atomic E-state index is 12.2. The van der Waals surface area contributed by atoms with E-state index in [0.29, 0.717) is 17.5 Å². The normalized spacial score (nSPS) is 11.5. The van der Waals surface area contributed by atoms with Crippen LogP contribution in [0.1, 0.15) is 16.1 Å². The van der Waals surface area contributed by atoms with Crippen molar-refractivity contribution in [3.8, 4) is 0 Å². The van der Waals surface area contributed by atoms with Crippen LogP contribution in [0.4, 0.5) is 5.69 Å². The first-order chi connectivity index (χ1) is 12.9. The molecule has 0 amide bonds. The van der Waals surface area contributed by atoms with Crippen LogP contribution in [0.2, 0.25) is 0 Å². The van der Waals surface area contributed by atoms with Crippen LogP contribution in [0.3, 0.4) is 0 Å². The second-order valence-electron chi connectivity index (χ2n) is 5.37. The zero-order chi connectivity index (χ0) is 20.0. The third-order valence-corrected chi connectivity index (χ3v) is 4.75. The number of hydrogen-bond acceptors (Lipinski definition) is 4. The fourth-order valence-electron chi connectivity index (χ4n) is 2.33. The van der Waals surface area contributed by atoms with Crippen LogP contribution in [-0.4, -0.2) is 20.7 Å². The highest BCUT2D eigenvalue weighted by Gasteiger charge is 2.14. The molecule has 0 radical (unpaired) electrons. The van der Waals surface area contributed by atoms with Gasteiger partial charge in [-0.1, -0.05) is 12.1 Å². The van der Waals surface area contributed by atoms with Crippen molar-refractivity contribution in [1.82, 2.24) is 0 Å². The fraction of sp³-hybridized carbons (Fsp3) is 0.0526. The fourth-order valence-corrected chi connectivity index (χ4v) is 3.22. The van der Waals surface area contributed by atoms with E-state index in [1.807, 2.05) is 13.0 Å². The van der Waals surface area contributed by atoms with Crippen molar-refractivity contribution >= 4 is 38.9 Å². The number of nitrogens with zero attached hydrogens (tertiary/aromatic N) is 1. The Bertz CT molecular complexity index is 1080. The van der Waals surface area contributed by atoms with Crippen LogP contribution in [0.5, 0.6) is 0 Å². The van der Waals surface area contributed by atoms with E-state index in [9.17, 15) is 13.2 Å². The summed E-state index contributed by atoms with van der Waals surface area (Å²) >= 11 is 0. The minimum Gasteiger partial charge on any atom is -0.461 e. The molecule has 0 spiro atoms. The summed E-state index contributed by atoms with van der Waals surface area (Å²) in [6, 6.07) is 12.5. The zero-order valence-electron chi connectivity index (χ0n) is 14.7. The van der Waals surface area contributed by atoms with Gasteiger partial charge in [0.05, 0.1) is 4.90 Å². The predicted molar refractivity (Wildman–Crippen MR) is 106 cm³/mol. The van der Waals surface area contributed by atoms with Crippen LogP contribution < -0.4 is 11.1 Å². The van der Waals surface area contributed by atoms with Gasteiger partial charge in [-0.15, -0.1) is 17.6 Å². The van der Waals surface area contributed by atoms with Gasteiger partial charge in [0.2, 0.25) is 5.96 Å². The van der Waals surface area contributed by atoms with E-state index in [2.05, 4.69) is 22.9 Å².